The van der Waals surface area contributed by atoms with Crippen molar-refractivity contribution in [3.8, 4) is 0 Å². The second kappa shape index (κ2) is 7.69. The molecule has 0 heterocycles. The maximum absolute atomic E-state index is 11.2. The van der Waals surface area contributed by atoms with Crippen molar-refractivity contribution in [3.63, 3.8) is 0 Å². The smallest absolute Gasteiger partial charge is 0.319 e. The van der Waals surface area contributed by atoms with E-state index < -0.39 is 0 Å². The predicted octanol–water partition coefficient (Wildman–Crippen LogP) is 2.31. The summed E-state index contributed by atoms with van der Waals surface area (Å²) in [6.45, 7) is 10.0. The van der Waals surface area contributed by atoms with E-state index in [1.807, 2.05) is 0 Å². The fourth-order valence-corrected chi connectivity index (χ4v) is 1.67. The van der Waals surface area contributed by atoms with E-state index >= 15 is 0 Å². The Balaban J connectivity index is 4.09. The molecule has 0 aromatic rings. The van der Waals surface area contributed by atoms with Gasteiger partial charge in [-0.3, -0.25) is 9.69 Å². The summed E-state index contributed by atoms with van der Waals surface area (Å²) in [7, 11) is 1.44. The van der Waals surface area contributed by atoms with Gasteiger partial charge in [-0.1, -0.05) is 20.3 Å². The van der Waals surface area contributed by atoms with Crippen molar-refractivity contribution in [2.45, 2.75) is 46.6 Å². The van der Waals surface area contributed by atoms with Crippen molar-refractivity contribution in [2.75, 3.05) is 20.2 Å². The number of carbonyl (C=O) groups is 1. The minimum Gasteiger partial charge on any atom is -0.468 e. The standard InChI is InChI=1S/C12H25NO2/c1-6-7-11(4)8-13(10(2)3)9-12(14)15-5/h10-11H,6-9H2,1-5H3. The Hall–Kier alpha value is -0.570. The van der Waals surface area contributed by atoms with Gasteiger partial charge in [0.05, 0.1) is 13.7 Å². The number of esters is 1. The molecule has 0 rings (SSSR count). The molecule has 0 saturated carbocycles. The van der Waals surface area contributed by atoms with Crippen LogP contribution in [0.15, 0.2) is 0 Å². The average molecular weight is 215 g/mol. The third-order valence-corrected chi connectivity index (χ3v) is 2.62. The predicted molar refractivity (Wildman–Crippen MR) is 62.8 cm³/mol. The lowest BCUT2D eigenvalue weighted by atomic mass is 10.1. The van der Waals surface area contributed by atoms with Crippen LogP contribution in [0.5, 0.6) is 0 Å². The molecule has 0 spiro atoms. The minimum atomic E-state index is -0.146. The normalized spacial score (nSPS) is 13.3. The van der Waals surface area contributed by atoms with E-state index in [1.54, 1.807) is 0 Å². The van der Waals surface area contributed by atoms with Gasteiger partial charge in [-0.2, -0.15) is 0 Å². The van der Waals surface area contributed by atoms with Gasteiger partial charge in [0.2, 0.25) is 0 Å². The van der Waals surface area contributed by atoms with Crippen LogP contribution in [0.4, 0.5) is 0 Å². The van der Waals surface area contributed by atoms with Gasteiger partial charge >= 0.3 is 5.97 Å². The van der Waals surface area contributed by atoms with Gasteiger partial charge in [-0.05, 0) is 26.2 Å². The molecule has 15 heavy (non-hydrogen) atoms. The van der Waals surface area contributed by atoms with Crippen LogP contribution in [0.2, 0.25) is 0 Å². The van der Waals surface area contributed by atoms with Crippen molar-refractivity contribution >= 4 is 5.97 Å². The number of ether oxygens (including phenoxy) is 1. The number of hydrogen-bond acceptors (Lipinski definition) is 3. The van der Waals surface area contributed by atoms with Crippen molar-refractivity contribution in [1.82, 2.24) is 4.90 Å². The fraction of sp³-hybridized carbons (Fsp3) is 0.917. The minimum absolute atomic E-state index is 0.146. The molecular formula is C12H25NO2. The molecule has 3 nitrogen and oxygen atoms in total. The highest BCUT2D eigenvalue weighted by Crippen LogP contribution is 2.10. The van der Waals surface area contributed by atoms with Crippen LogP contribution in [0, 0.1) is 5.92 Å². The van der Waals surface area contributed by atoms with E-state index in [0.717, 1.165) is 6.54 Å². The molecule has 0 aliphatic carbocycles. The SMILES string of the molecule is CCCC(C)CN(CC(=O)OC)C(C)C. The van der Waals surface area contributed by atoms with Crippen molar-refractivity contribution in [2.24, 2.45) is 5.92 Å². The molecule has 0 radical (unpaired) electrons. The maximum atomic E-state index is 11.2. The summed E-state index contributed by atoms with van der Waals surface area (Å²) < 4.78 is 4.69. The molecule has 0 amide bonds. The van der Waals surface area contributed by atoms with Crippen LogP contribution in [0.25, 0.3) is 0 Å². The Morgan fingerprint density at radius 1 is 1.33 bits per heavy atom. The summed E-state index contributed by atoms with van der Waals surface area (Å²) in [5.41, 5.74) is 0. The maximum Gasteiger partial charge on any atom is 0.319 e. The lowest BCUT2D eigenvalue weighted by Gasteiger charge is -2.28. The number of rotatable bonds is 7. The summed E-state index contributed by atoms with van der Waals surface area (Å²) in [6.07, 6.45) is 2.41. The first-order chi connectivity index (χ1) is 7.01. The largest absolute Gasteiger partial charge is 0.468 e. The first-order valence-electron chi connectivity index (χ1n) is 5.82. The lowest BCUT2D eigenvalue weighted by molar-refractivity contribution is -0.142. The summed E-state index contributed by atoms with van der Waals surface area (Å²) >= 11 is 0. The van der Waals surface area contributed by atoms with E-state index in [4.69, 9.17) is 4.74 Å². The topological polar surface area (TPSA) is 29.5 Å². The molecule has 0 bridgehead atoms. The fourth-order valence-electron chi connectivity index (χ4n) is 1.67. The first-order valence-corrected chi connectivity index (χ1v) is 5.82. The van der Waals surface area contributed by atoms with E-state index in [9.17, 15) is 4.79 Å². The molecule has 1 atom stereocenters. The molecule has 90 valence electrons. The van der Waals surface area contributed by atoms with Gasteiger partial charge in [0, 0.05) is 12.6 Å². The molecule has 0 aromatic heterocycles. The zero-order valence-corrected chi connectivity index (χ0v) is 10.7. The quantitative estimate of drug-likeness (QED) is 0.610. The Labute approximate surface area is 93.8 Å². The van der Waals surface area contributed by atoms with Crippen molar-refractivity contribution in [1.29, 1.82) is 0 Å². The van der Waals surface area contributed by atoms with Crippen LogP contribution in [-0.2, 0) is 9.53 Å². The molecular weight excluding hydrogens is 190 g/mol. The van der Waals surface area contributed by atoms with Gasteiger partial charge in [0.1, 0.15) is 0 Å². The van der Waals surface area contributed by atoms with Crippen LogP contribution < -0.4 is 0 Å². The molecule has 0 aromatic carbocycles. The zero-order valence-electron chi connectivity index (χ0n) is 10.7. The summed E-state index contributed by atoms with van der Waals surface area (Å²) in [5, 5.41) is 0. The third-order valence-electron chi connectivity index (χ3n) is 2.62. The van der Waals surface area contributed by atoms with E-state index in [2.05, 4.69) is 32.6 Å². The monoisotopic (exact) mass is 215 g/mol. The van der Waals surface area contributed by atoms with Gasteiger partial charge in [-0.15, -0.1) is 0 Å². The Morgan fingerprint density at radius 3 is 2.33 bits per heavy atom. The molecule has 0 aliphatic rings. The average Bonchev–Trinajstić information content (AvgIpc) is 2.16. The van der Waals surface area contributed by atoms with Gasteiger partial charge in [-0.25, -0.2) is 0 Å². The van der Waals surface area contributed by atoms with Crippen LogP contribution in [0.3, 0.4) is 0 Å². The lowest BCUT2D eigenvalue weighted by Crippen LogP contribution is -2.39. The van der Waals surface area contributed by atoms with E-state index in [1.165, 1.54) is 20.0 Å². The Morgan fingerprint density at radius 2 is 1.93 bits per heavy atom. The van der Waals surface area contributed by atoms with Gasteiger partial charge < -0.3 is 4.74 Å². The molecule has 0 aliphatic heterocycles. The molecule has 1 unspecified atom stereocenters. The number of methoxy groups -OCH3 is 1. The van der Waals surface area contributed by atoms with Gasteiger partial charge in [0.15, 0.2) is 0 Å². The second-order valence-corrected chi connectivity index (χ2v) is 4.49. The van der Waals surface area contributed by atoms with Gasteiger partial charge in [0.25, 0.3) is 0 Å². The summed E-state index contributed by atoms with van der Waals surface area (Å²) in [5.74, 6) is 0.495. The molecule has 0 saturated heterocycles. The van der Waals surface area contributed by atoms with Crippen LogP contribution >= 0.6 is 0 Å². The molecule has 0 fully saturated rings. The Kier molecular flexibility index (Phi) is 7.39. The van der Waals surface area contributed by atoms with Crippen molar-refractivity contribution in [3.05, 3.63) is 0 Å². The highest BCUT2D eigenvalue weighted by atomic mass is 16.5. The number of hydrogen-bond donors (Lipinski definition) is 0. The number of carbonyl (C=O) groups excluding carboxylic acids is 1. The highest BCUT2D eigenvalue weighted by Gasteiger charge is 2.16. The molecule has 0 N–H and O–H groups in total. The summed E-state index contributed by atoms with van der Waals surface area (Å²) in [4.78, 5) is 13.4. The second-order valence-electron chi connectivity index (χ2n) is 4.49. The van der Waals surface area contributed by atoms with Crippen LogP contribution in [0.1, 0.15) is 40.5 Å². The first kappa shape index (κ1) is 14.4. The molecule has 3 heteroatoms. The Bertz CT molecular complexity index is 180. The third kappa shape index (κ3) is 6.50. The van der Waals surface area contributed by atoms with Crippen molar-refractivity contribution < 1.29 is 9.53 Å². The highest BCUT2D eigenvalue weighted by molar-refractivity contribution is 5.71. The van der Waals surface area contributed by atoms with E-state index in [-0.39, 0.29) is 5.97 Å². The zero-order chi connectivity index (χ0) is 11.8. The number of nitrogens with zero attached hydrogens (tertiary/aromatic N) is 1. The van der Waals surface area contributed by atoms with E-state index in [0.29, 0.717) is 18.5 Å². The van der Waals surface area contributed by atoms with Crippen LogP contribution in [-0.4, -0.2) is 37.1 Å². The summed E-state index contributed by atoms with van der Waals surface area (Å²) in [6, 6.07) is 0.392.